The van der Waals surface area contributed by atoms with Gasteiger partial charge in [0.25, 0.3) is 0 Å². The summed E-state index contributed by atoms with van der Waals surface area (Å²) in [5.74, 6) is -1.47. The number of hydrogen-bond donors (Lipinski definition) is 0. The number of ether oxygens (including phenoxy) is 2. The summed E-state index contributed by atoms with van der Waals surface area (Å²) in [4.78, 5) is 12.5. The van der Waals surface area contributed by atoms with Gasteiger partial charge in [-0.3, -0.25) is 4.79 Å². The zero-order chi connectivity index (χ0) is 26.3. The van der Waals surface area contributed by atoms with E-state index in [9.17, 15) is 13.6 Å². The SMILES string of the molecule is CCCCC1(C2CCC(COC3CCC(C(=O)Oc4cc(F)c(C#N)c(F)c4)CC3)CC2)CCCCC1. The van der Waals surface area contributed by atoms with Gasteiger partial charge in [0.1, 0.15) is 29.0 Å². The van der Waals surface area contributed by atoms with E-state index in [0.29, 0.717) is 24.2 Å². The van der Waals surface area contributed by atoms with E-state index >= 15 is 0 Å². The van der Waals surface area contributed by atoms with Crippen molar-refractivity contribution in [3.05, 3.63) is 29.3 Å². The Kier molecular flexibility index (Phi) is 9.98. The molecule has 37 heavy (non-hydrogen) atoms. The topological polar surface area (TPSA) is 59.3 Å². The normalized spacial score (nSPS) is 27.8. The molecule has 0 N–H and O–H groups in total. The lowest BCUT2D eigenvalue weighted by Crippen LogP contribution is -2.36. The number of benzene rings is 1. The van der Waals surface area contributed by atoms with Crippen molar-refractivity contribution in [3.8, 4) is 11.8 Å². The first kappa shape index (κ1) is 28.0. The minimum Gasteiger partial charge on any atom is -0.426 e. The first-order chi connectivity index (χ1) is 17.9. The molecule has 0 atom stereocenters. The smallest absolute Gasteiger partial charge is 0.314 e. The molecule has 4 rings (SSSR count). The summed E-state index contributed by atoms with van der Waals surface area (Å²) in [6.45, 7) is 3.14. The maximum Gasteiger partial charge on any atom is 0.314 e. The minimum absolute atomic E-state index is 0.167. The number of hydrogen-bond acceptors (Lipinski definition) is 4. The number of carbonyl (C=O) groups excluding carboxylic acids is 1. The highest BCUT2D eigenvalue weighted by Crippen LogP contribution is 2.52. The number of nitriles is 1. The van der Waals surface area contributed by atoms with Crippen molar-refractivity contribution in [1.82, 2.24) is 0 Å². The second-order valence-corrected chi connectivity index (χ2v) is 11.8. The average molecular weight is 516 g/mol. The van der Waals surface area contributed by atoms with Gasteiger partial charge in [0.15, 0.2) is 0 Å². The molecular formula is C31H43F2NO3. The number of nitrogens with zero attached hydrogens (tertiary/aromatic N) is 1. The highest BCUT2D eigenvalue weighted by molar-refractivity contribution is 5.75. The molecule has 0 heterocycles. The zero-order valence-corrected chi connectivity index (χ0v) is 22.4. The van der Waals surface area contributed by atoms with Gasteiger partial charge >= 0.3 is 5.97 Å². The van der Waals surface area contributed by atoms with Gasteiger partial charge in [0.05, 0.1) is 12.0 Å². The summed E-state index contributed by atoms with van der Waals surface area (Å²) in [5, 5.41) is 8.78. The van der Waals surface area contributed by atoms with Crippen molar-refractivity contribution >= 4 is 5.97 Å². The Morgan fingerprint density at radius 1 is 1.00 bits per heavy atom. The summed E-state index contributed by atoms with van der Waals surface area (Å²) in [7, 11) is 0. The fraction of sp³-hybridized carbons (Fsp3) is 0.742. The Morgan fingerprint density at radius 2 is 1.65 bits per heavy atom. The molecule has 3 aliphatic rings. The maximum atomic E-state index is 13.8. The van der Waals surface area contributed by atoms with Crippen molar-refractivity contribution in [2.75, 3.05) is 6.61 Å². The van der Waals surface area contributed by atoms with Gasteiger partial charge in [-0.25, -0.2) is 8.78 Å². The lowest BCUT2D eigenvalue weighted by atomic mass is 9.59. The minimum atomic E-state index is -1.02. The molecule has 204 valence electrons. The molecule has 0 amide bonds. The van der Waals surface area contributed by atoms with Gasteiger partial charge in [-0.15, -0.1) is 0 Å². The van der Waals surface area contributed by atoms with Gasteiger partial charge in [0, 0.05) is 18.7 Å². The van der Waals surface area contributed by atoms with Crippen molar-refractivity contribution in [3.63, 3.8) is 0 Å². The summed E-state index contributed by atoms with van der Waals surface area (Å²) in [6.07, 6.45) is 19.6. The van der Waals surface area contributed by atoms with E-state index in [-0.39, 0.29) is 17.8 Å². The maximum absolute atomic E-state index is 13.8. The van der Waals surface area contributed by atoms with E-state index in [1.807, 2.05) is 0 Å². The van der Waals surface area contributed by atoms with Crippen LogP contribution in [0, 0.1) is 46.1 Å². The number of unbranched alkanes of at least 4 members (excludes halogenated alkanes) is 1. The molecule has 0 spiro atoms. The van der Waals surface area contributed by atoms with E-state index in [1.54, 1.807) is 0 Å². The summed E-state index contributed by atoms with van der Waals surface area (Å²) < 4.78 is 39.2. The summed E-state index contributed by atoms with van der Waals surface area (Å²) in [5.41, 5.74) is -0.0570. The molecule has 0 bridgehead atoms. The second kappa shape index (κ2) is 13.2. The molecule has 1 aromatic rings. The third-order valence-electron chi connectivity index (χ3n) is 9.51. The molecule has 1 aromatic carbocycles. The van der Waals surface area contributed by atoms with Crippen molar-refractivity contribution in [1.29, 1.82) is 5.26 Å². The third kappa shape index (κ3) is 7.11. The Bertz CT molecular complexity index is 913. The lowest BCUT2D eigenvalue weighted by molar-refractivity contribution is -0.141. The monoisotopic (exact) mass is 515 g/mol. The van der Waals surface area contributed by atoms with Gasteiger partial charge in [-0.05, 0) is 87.9 Å². The predicted molar refractivity (Wildman–Crippen MR) is 139 cm³/mol. The fourth-order valence-electron chi connectivity index (χ4n) is 7.24. The summed E-state index contributed by atoms with van der Waals surface area (Å²) >= 11 is 0. The van der Waals surface area contributed by atoms with Crippen molar-refractivity contribution in [2.45, 2.75) is 116 Å². The molecule has 0 saturated heterocycles. The van der Waals surface area contributed by atoms with E-state index in [0.717, 1.165) is 37.5 Å². The second-order valence-electron chi connectivity index (χ2n) is 11.8. The van der Waals surface area contributed by atoms with Gasteiger partial charge in [-0.1, -0.05) is 39.0 Å². The molecular weight excluding hydrogens is 472 g/mol. The Labute approximate surface area is 221 Å². The molecule has 3 saturated carbocycles. The Hall–Kier alpha value is -2.00. The third-order valence-corrected chi connectivity index (χ3v) is 9.51. The molecule has 3 fully saturated rings. The van der Waals surface area contributed by atoms with Crippen LogP contribution in [0.25, 0.3) is 0 Å². The molecule has 0 unspecified atom stereocenters. The van der Waals surface area contributed by atoms with Crippen LogP contribution in [0.1, 0.15) is 115 Å². The van der Waals surface area contributed by atoms with Crippen LogP contribution >= 0.6 is 0 Å². The number of esters is 1. The van der Waals surface area contributed by atoms with Crippen LogP contribution in [0.2, 0.25) is 0 Å². The lowest BCUT2D eigenvalue weighted by Gasteiger charge is -2.47. The Balaban J connectivity index is 1.17. The van der Waals surface area contributed by atoms with Crippen molar-refractivity contribution in [2.24, 2.45) is 23.2 Å². The predicted octanol–water partition coefficient (Wildman–Crippen LogP) is 8.26. The molecule has 4 nitrogen and oxygen atoms in total. The van der Waals surface area contributed by atoms with Gasteiger partial charge in [-0.2, -0.15) is 5.26 Å². The van der Waals surface area contributed by atoms with E-state index < -0.39 is 23.2 Å². The zero-order valence-electron chi connectivity index (χ0n) is 22.4. The van der Waals surface area contributed by atoms with Crippen LogP contribution in [0.5, 0.6) is 5.75 Å². The first-order valence-corrected chi connectivity index (χ1v) is 14.7. The van der Waals surface area contributed by atoms with Gasteiger partial charge < -0.3 is 9.47 Å². The van der Waals surface area contributed by atoms with Crippen LogP contribution in [0.4, 0.5) is 8.78 Å². The average Bonchev–Trinajstić information content (AvgIpc) is 2.91. The van der Waals surface area contributed by atoms with Crippen LogP contribution < -0.4 is 4.74 Å². The molecule has 3 aliphatic carbocycles. The fourth-order valence-corrected chi connectivity index (χ4v) is 7.24. The molecule has 0 aliphatic heterocycles. The molecule has 0 radical (unpaired) electrons. The largest absolute Gasteiger partial charge is 0.426 e. The highest BCUT2D eigenvalue weighted by atomic mass is 19.1. The standard InChI is InChI=1S/C31H43F2NO3/c1-2-3-15-31(16-5-4-6-17-31)24-11-7-22(8-12-24)21-36-25-13-9-23(10-14-25)30(35)37-26-18-28(32)27(20-34)29(33)19-26/h18-19,22-25H,2-17,21H2,1H3. The quantitative estimate of drug-likeness (QED) is 0.245. The number of halogens is 2. The van der Waals surface area contributed by atoms with E-state index in [1.165, 1.54) is 83.1 Å². The van der Waals surface area contributed by atoms with Crippen LogP contribution in [0.15, 0.2) is 12.1 Å². The van der Waals surface area contributed by atoms with Crippen molar-refractivity contribution < 1.29 is 23.0 Å². The number of rotatable bonds is 9. The summed E-state index contributed by atoms with van der Waals surface area (Å²) in [6, 6.07) is 3.25. The molecule has 6 heteroatoms. The van der Waals surface area contributed by atoms with E-state index in [2.05, 4.69) is 6.92 Å². The molecule has 0 aromatic heterocycles. The van der Waals surface area contributed by atoms with Crippen LogP contribution in [0.3, 0.4) is 0 Å². The van der Waals surface area contributed by atoms with Gasteiger partial charge in [0.2, 0.25) is 0 Å². The number of carbonyl (C=O) groups is 1. The Morgan fingerprint density at radius 3 is 2.24 bits per heavy atom. The highest BCUT2D eigenvalue weighted by Gasteiger charge is 2.40. The van der Waals surface area contributed by atoms with Crippen LogP contribution in [-0.2, 0) is 9.53 Å². The van der Waals surface area contributed by atoms with E-state index in [4.69, 9.17) is 14.7 Å². The van der Waals surface area contributed by atoms with Crippen LogP contribution in [-0.4, -0.2) is 18.7 Å². The first-order valence-electron chi connectivity index (χ1n) is 14.7.